The molecule has 0 unspecified atom stereocenters. The predicted molar refractivity (Wildman–Crippen MR) is 111 cm³/mol. The Morgan fingerprint density at radius 2 is 2.03 bits per heavy atom. The average molecular weight is 430 g/mol. The highest BCUT2D eigenvalue weighted by Gasteiger charge is 2.64. The maximum absolute atomic E-state index is 13.8. The number of fused-ring (bicyclic) bond motifs is 4. The van der Waals surface area contributed by atoms with Crippen LogP contribution >= 0.6 is 0 Å². The van der Waals surface area contributed by atoms with Gasteiger partial charge in [-0.25, -0.2) is 4.79 Å². The van der Waals surface area contributed by atoms with E-state index in [9.17, 15) is 24.5 Å². The van der Waals surface area contributed by atoms with E-state index in [4.69, 9.17) is 4.74 Å². The second-order valence-corrected chi connectivity index (χ2v) is 8.54. The molecule has 2 fully saturated rings. The van der Waals surface area contributed by atoms with Crippen LogP contribution in [0, 0.1) is 15.5 Å². The Bertz CT molecular complexity index is 965. The van der Waals surface area contributed by atoms with E-state index in [0.29, 0.717) is 18.5 Å². The SMILES string of the molecule is CCCCN1C(=O)NC(=O)[C@]2(Cc3cc([N+](=O)[O-])ccc3N3C[C@@H](C)O[C@@H](C)[C@@H]32)C1=O. The zero-order valence-corrected chi connectivity index (χ0v) is 17.8. The first-order valence-corrected chi connectivity index (χ1v) is 10.6. The fourth-order valence-electron chi connectivity index (χ4n) is 5.20. The summed E-state index contributed by atoms with van der Waals surface area (Å²) in [6, 6.07) is 3.17. The maximum atomic E-state index is 13.8. The number of benzene rings is 1. The summed E-state index contributed by atoms with van der Waals surface area (Å²) in [5.41, 5.74) is -0.422. The van der Waals surface area contributed by atoms with Crippen molar-refractivity contribution in [2.45, 2.75) is 58.3 Å². The van der Waals surface area contributed by atoms with Crippen LogP contribution in [0.4, 0.5) is 16.2 Å². The molecule has 3 aliphatic heterocycles. The maximum Gasteiger partial charge on any atom is 0.330 e. The first-order chi connectivity index (χ1) is 14.7. The number of anilines is 1. The molecule has 4 atom stereocenters. The van der Waals surface area contributed by atoms with Crippen molar-refractivity contribution in [2.75, 3.05) is 18.0 Å². The number of rotatable bonds is 4. The summed E-state index contributed by atoms with van der Waals surface area (Å²) in [6.07, 6.45) is 0.725. The minimum atomic E-state index is -1.61. The number of urea groups is 1. The molecule has 0 bridgehead atoms. The number of nitrogens with zero attached hydrogens (tertiary/aromatic N) is 3. The summed E-state index contributed by atoms with van der Waals surface area (Å²) in [7, 11) is 0. The lowest BCUT2D eigenvalue weighted by Gasteiger charge is -2.56. The van der Waals surface area contributed by atoms with Gasteiger partial charge in [0.15, 0.2) is 5.41 Å². The second-order valence-electron chi connectivity index (χ2n) is 8.54. The Kier molecular flexibility index (Phi) is 5.20. The summed E-state index contributed by atoms with van der Waals surface area (Å²) in [4.78, 5) is 53.5. The van der Waals surface area contributed by atoms with E-state index < -0.39 is 40.3 Å². The van der Waals surface area contributed by atoms with Crippen molar-refractivity contribution >= 4 is 29.2 Å². The predicted octanol–water partition coefficient (Wildman–Crippen LogP) is 2.00. The number of morpholine rings is 1. The number of amides is 4. The number of nitrogens with one attached hydrogen (secondary N) is 1. The van der Waals surface area contributed by atoms with Crippen LogP contribution in [-0.2, 0) is 20.7 Å². The zero-order chi connectivity index (χ0) is 22.5. The van der Waals surface area contributed by atoms with Crippen molar-refractivity contribution in [3.05, 3.63) is 33.9 Å². The molecule has 10 nitrogen and oxygen atoms in total. The molecule has 0 saturated carbocycles. The summed E-state index contributed by atoms with van der Waals surface area (Å²) in [6.45, 7) is 6.29. The molecular weight excluding hydrogens is 404 g/mol. The molecule has 166 valence electrons. The number of hydrogen-bond donors (Lipinski definition) is 1. The van der Waals surface area contributed by atoms with Crippen LogP contribution in [0.25, 0.3) is 0 Å². The first-order valence-electron chi connectivity index (χ1n) is 10.6. The number of hydrogen-bond acceptors (Lipinski definition) is 7. The molecule has 0 radical (unpaired) electrons. The van der Waals surface area contributed by atoms with Crippen LogP contribution in [0.15, 0.2) is 18.2 Å². The lowest BCUT2D eigenvalue weighted by molar-refractivity contribution is -0.384. The molecule has 1 spiro atoms. The number of barbiturate groups is 1. The summed E-state index contributed by atoms with van der Waals surface area (Å²) in [5, 5.41) is 13.7. The van der Waals surface area contributed by atoms with Crippen molar-refractivity contribution < 1.29 is 24.0 Å². The van der Waals surface area contributed by atoms with E-state index in [-0.39, 0.29) is 24.8 Å². The number of carbonyl (C=O) groups excluding carboxylic acids is 3. The van der Waals surface area contributed by atoms with Crippen LogP contribution in [0.1, 0.15) is 39.2 Å². The van der Waals surface area contributed by atoms with Crippen molar-refractivity contribution in [3.63, 3.8) is 0 Å². The van der Waals surface area contributed by atoms with Gasteiger partial charge in [0.1, 0.15) is 0 Å². The van der Waals surface area contributed by atoms with E-state index >= 15 is 0 Å². The number of carbonyl (C=O) groups is 3. The molecule has 2 saturated heterocycles. The number of ether oxygens (including phenoxy) is 1. The van der Waals surface area contributed by atoms with Gasteiger partial charge < -0.3 is 9.64 Å². The van der Waals surface area contributed by atoms with Crippen LogP contribution < -0.4 is 10.2 Å². The van der Waals surface area contributed by atoms with Gasteiger partial charge in [0.2, 0.25) is 11.8 Å². The second kappa shape index (κ2) is 7.60. The topological polar surface area (TPSA) is 122 Å². The van der Waals surface area contributed by atoms with E-state index in [1.165, 1.54) is 12.1 Å². The van der Waals surface area contributed by atoms with Crippen LogP contribution in [0.3, 0.4) is 0 Å². The molecule has 0 aliphatic carbocycles. The largest absolute Gasteiger partial charge is 0.372 e. The molecule has 1 aromatic rings. The van der Waals surface area contributed by atoms with Crippen molar-refractivity contribution in [1.82, 2.24) is 10.2 Å². The first kappa shape index (κ1) is 21.2. The third kappa shape index (κ3) is 3.16. The van der Waals surface area contributed by atoms with E-state index in [1.54, 1.807) is 6.07 Å². The Balaban J connectivity index is 1.88. The van der Waals surface area contributed by atoms with Gasteiger partial charge in [-0.15, -0.1) is 0 Å². The Morgan fingerprint density at radius 1 is 1.29 bits per heavy atom. The molecule has 4 amide bonds. The van der Waals surface area contributed by atoms with Crippen molar-refractivity contribution in [3.8, 4) is 0 Å². The summed E-state index contributed by atoms with van der Waals surface area (Å²) in [5.74, 6) is -1.24. The fourth-order valence-corrected chi connectivity index (χ4v) is 5.20. The zero-order valence-electron chi connectivity index (χ0n) is 17.8. The molecule has 3 aliphatic rings. The third-order valence-electron chi connectivity index (χ3n) is 6.47. The minimum absolute atomic E-state index is 0.0339. The Hall–Kier alpha value is -3.01. The molecule has 10 heteroatoms. The van der Waals surface area contributed by atoms with Gasteiger partial charge >= 0.3 is 6.03 Å². The van der Waals surface area contributed by atoms with E-state index in [2.05, 4.69) is 5.32 Å². The van der Waals surface area contributed by atoms with Gasteiger partial charge in [0.05, 0.1) is 23.2 Å². The highest BCUT2D eigenvalue weighted by molar-refractivity contribution is 6.20. The Labute approximate surface area is 179 Å². The number of imide groups is 2. The van der Waals surface area contributed by atoms with E-state index in [1.807, 2.05) is 25.7 Å². The normalized spacial score (nSPS) is 30.2. The van der Waals surface area contributed by atoms with Gasteiger partial charge in [0, 0.05) is 37.3 Å². The molecule has 3 heterocycles. The molecule has 4 rings (SSSR count). The quantitative estimate of drug-likeness (QED) is 0.440. The number of unbranched alkanes of at least 4 members (excludes halogenated alkanes) is 1. The van der Waals surface area contributed by atoms with Gasteiger partial charge in [-0.1, -0.05) is 13.3 Å². The number of nitro groups is 1. The van der Waals surface area contributed by atoms with Crippen LogP contribution in [-0.4, -0.2) is 59.0 Å². The lowest BCUT2D eigenvalue weighted by Crippen LogP contribution is -2.75. The molecule has 1 aromatic carbocycles. The molecule has 1 N–H and O–H groups in total. The lowest BCUT2D eigenvalue weighted by atomic mass is 9.66. The standard InChI is InChI=1S/C21H26N4O6/c1-4-5-8-23-19(27)21(18(26)22-20(23)28)10-14-9-15(25(29)30)6-7-16(14)24-11-12(2)31-13(3)17(21)24/h6-7,9,12-13,17H,4-5,8,10-11H2,1-3H3,(H,22,26,28)/t12-,13+,17-,21-/m1/s1. The van der Waals surface area contributed by atoms with Gasteiger partial charge in [0.25, 0.3) is 5.69 Å². The van der Waals surface area contributed by atoms with E-state index in [0.717, 1.165) is 17.0 Å². The molecule has 0 aromatic heterocycles. The van der Waals surface area contributed by atoms with Gasteiger partial charge in [-0.05, 0) is 31.9 Å². The van der Waals surface area contributed by atoms with Gasteiger partial charge in [-0.3, -0.25) is 29.9 Å². The number of non-ortho nitro benzene ring substituents is 1. The van der Waals surface area contributed by atoms with Gasteiger partial charge in [-0.2, -0.15) is 0 Å². The average Bonchev–Trinajstić information content (AvgIpc) is 2.71. The third-order valence-corrected chi connectivity index (χ3v) is 6.47. The van der Waals surface area contributed by atoms with Crippen LogP contribution in [0.2, 0.25) is 0 Å². The summed E-state index contributed by atoms with van der Waals surface area (Å²) >= 11 is 0. The van der Waals surface area contributed by atoms with Crippen molar-refractivity contribution in [1.29, 1.82) is 0 Å². The number of nitro benzene ring substituents is 1. The Morgan fingerprint density at radius 3 is 2.71 bits per heavy atom. The summed E-state index contributed by atoms with van der Waals surface area (Å²) < 4.78 is 6.01. The van der Waals surface area contributed by atoms with Crippen LogP contribution in [0.5, 0.6) is 0 Å². The smallest absolute Gasteiger partial charge is 0.330 e. The minimum Gasteiger partial charge on any atom is -0.372 e. The highest BCUT2D eigenvalue weighted by atomic mass is 16.6. The monoisotopic (exact) mass is 430 g/mol. The fraction of sp³-hybridized carbons (Fsp3) is 0.571. The highest BCUT2D eigenvalue weighted by Crippen LogP contribution is 2.48. The van der Waals surface area contributed by atoms with Crippen molar-refractivity contribution in [2.24, 2.45) is 5.41 Å². The molecule has 31 heavy (non-hydrogen) atoms. The molecular formula is C21H26N4O6.